The second-order valence-electron chi connectivity index (χ2n) is 11.2. The van der Waals surface area contributed by atoms with Gasteiger partial charge in [0.25, 0.3) is 5.91 Å². The maximum absolute atomic E-state index is 14.7. The van der Waals surface area contributed by atoms with Gasteiger partial charge in [0, 0.05) is 54.2 Å². The molecular formula is C32H44BrN3O5S. The number of aliphatic hydroxyl groups is 1. The number of rotatable bonds is 16. The highest BCUT2D eigenvalue weighted by Gasteiger charge is 2.76. The Morgan fingerprint density at radius 3 is 2.45 bits per heavy atom. The van der Waals surface area contributed by atoms with E-state index >= 15 is 0 Å². The van der Waals surface area contributed by atoms with Crippen LogP contribution in [0.5, 0.6) is 0 Å². The highest BCUT2D eigenvalue weighted by molar-refractivity contribution is 9.09. The van der Waals surface area contributed by atoms with Gasteiger partial charge in [-0.15, -0.1) is 24.9 Å². The van der Waals surface area contributed by atoms with Crippen LogP contribution in [-0.2, 0) is 19.1 Å². The summed E-state index contributed by atoms with van der Waals surface area (Å²) in [5, 5.41) is 9.15. The first-order valence-corrected chi connectivity index (χ1v) is 16.9. The lowest BCUT2D eigenvalue weighted by Gasteiger charge is -2.38. The molecule has 2 bridgehead atoms. The molecule has 0 saturated carbocycles. The normalized spacial score (nSPS) is 27.6. The summed E-state index contributed by atoms with van der Waals surface area (Å²) in [5.41, 5.74) is 1.83. The van der Waals surface area contributed by atoms with E-state index in [2.05, 4.69) is 47.8 Å². The summed E-state index contributed by atoms with van der Waals surface area (Å²) in [6.45, 7) is 14.6. The second-order valence-corrected chi connectivity index (χ2v) is 13.9. The van der Waals surface area contributed by atoms with E-state index in [4.69, 9.17) is 4.74 Å². The molecule has 230 valence electrons. The molecule has 4 rings (SSSR count). The number of hydrogen-bond donors (Lipinski definition) is 1. The number of halogens is 1. The van der Waals surface area contributed by atoms with Crippen LogP contribution < -0.4 is 9.80 Å². The van der Waals surface area contributed by atoms with Crippen molar-refractivity contribution in [3.63, 3.8) is 0 Å². The summed E-state index contributed by atoms with van der Waals surface area (Å²) in [6.07, 6.45) is 6.60. The summed E-state index contributed by atoms with van der Waals surface area (Å²) in [4.78, 5) is 48.0. The van der Waals surface area contributed by atoms with Crippen molar-refractivity contribution in [2.75, 3.05) is 49.2 Å². The van der Waals surface area contributed by atoms with Crippen molar-refractivity contribution < 1.29 is 24.2 Å². The van der Waals surface area contributed by atoms with Crippen LogP contribution in [0.4, 0.5) is 11.4 Å². The number of fused-ring (bicyclic) bond motifs is 1. The number of esters is 1. The summed E-state index contributed by atoms with van der Waals surface area (Å²) in [7, 11) is 0. The quantitative estimate of drug-likeness (QED) is 0.118. The number of unbranched alkanes of at least 4 members (excludes halogenated alkanes) is 2. The molecule has 3 saturated heterocycles. The zero-order chi connectivity index (χ0) is 30.4. The SMILES string of the molecule is C=CCCOC(=O)[C@H]1[C@H]2C(=O)N(CCCCCO)C(C(=O)N(CC=C)c3ccc(N(CC)CC)cc3)C23CC(Br)[C@@H]1S3. The van der Waals surface area contributed by atoms with Crippen molar-refractivity contribution in [2.45, 2.75) is 66.8 Å². The number of anilines is 2. The van der Waals surface area contributed by atoms with Crippen LogP contribution >= 0.6 is 27.7 Å². The van der Waals surface area contributed by atoms with Crippen molar-refractivity contribution in [1.82, 2.24) is 4.90 Å². The van der Waals surface area contributed by atoms with E-state index in [-0.39, 0.29) is 41.1 Å². The highest BCUT2D eigenvalue weighted by Crippen LogP contribution is 2.68. The fourth-order valence-electron chi connectivity index (χ4n) is 6.86. The van der Waals surface area contributed by atoms with Crippen molar-refractivity contribution >= 4 is 56.9 Å². The summed E-state index contributed by atoms with van der Waals surface area (Å²) >= 11 is 5.42. The molecule has 1 aromatic carbocycles. The van der Waals surface area contributed by atoms with Gasteiger partial charge in [0.1, 0.15) is 6.04 Å². The minimum absolute atomic E-state index is 0.0191. The molecular weight excluding hydrogens is 618 g/mol. The lowest BCUT2D eigenvalue weighted by Crippen LogP contribution is -2.55. The number of nitrogens with zero attached hydrogens (tertiary/aromatic N) is 3. The lowest BCUT2D eigenvalue weighted by molar-refractivity contribution is -0.154. The van der Waals surface area contributed by atoms with Gasteiger partial charge >= 0.3 is 5.97 Å². The van der Waals surface area contributed by atoms with Gasteiger partial charge in [0.05, 0.1) is 23.2 Å². The first kappa shape index (κ1) is 32.6. The number of hydrogen-bond acceptors (Lipinski definition) is 7. The van der Waals surface area contributed by atoms with Gasteiger partial charge < -0.3 is 24.5 Å². The number of carbonyl (C=O) groups excluding carboxylic acids is 3. The van der Waals surface area contributed by atoms with Gasteiger partial charge in [0.15, 0.2) is 0 Å². The van der Waals surface area contributed by atoms with E-state index in [1.54, 1.807) is 33.7 Å². The number of thioether (sulfide) groups is 1. The standard InChI is InChI=1S/C32H44BrN3O5S/c1-5-9-20-41-31(40)25-26-29(38)36(18-11-10-12-19-37)28(32(26)21-24(33)27(25)42-32)30(39)35(17-6-2)23-15-13-22(14-16-23)34(7-3)8-4/h5-6,13-16,24-28,37H,1-2,7-12,17-21H2,3-4H3/t24?,25-,26-,27-,28?,32?/m0/s1. The molecule has 1 aromatic rings. The molecule has 1 N–H and O–H groups in total. The van der Waals surface area contributed by atoms with Crippen molar-refractivity contribution in [3.05, 3.63) is 49.6 Å². The van der Waals surface area contributed by atoms with Crippen molar-refractivity contribution in [3.8, 4) is 0 Å². The van der Waals surface area contributed by atoms with Gasteiger partial charge in [-0.3, -0.25) is 14.4 Å². The molecule has 3 aliphatic rings. The van der Waals surface area contributed by atoms with Gasteiger partial charge in [-0.2, -0.15) is 0 Å². The van der Waals surface area contributed by atoms with E-state index in [1.165, 1.54) is 0 Å². The van der Waals surface area contributed by atoms with Crippen LogP contribution in [0, 0.1) is 11.8 Å². The molecule has 42 heavy (non-hydrogen) atoms. The number of benzene rings is 1. The van der Waals surface area contributed by atoms with Gasteiger partial charge in [0.2, 0.25) is 5.91 Å². The van der Waals surface area contributed by atoms with E-state index in [0.29, 0.717) is 38.8 Å². The predicted molar refractivity (Wildman–Crippen MR) is 173 cm³/mol. The van der Waals surface area contributed by atoms with Crippen LogP contribution in [-0.4, -0.2) is 88.0 Å². The zero-order valence-corrected chi connectivity index (χ0v) is 27.2. The molecule has 0 radical (unpaired) electrons. The van der Waals surface area contributed by atoms with E-state index in [0.717, 1.165) is 30.9 Å². The third-order valence-electron chi connectivity index (χ3n) is 8.79. The first-order valence-electron chi connectivity index (χ1n) is 15.1. The number of carbonyl (C=O) groups is 3. The van der Waals surface area contributed by atoms with Gasteiger partial charge in [-0.25, -0.2) is 0 Å². The molecule has 3 fully saturated rings. The second kappa shape index (κ2) is 14.4. The summed E-state index contributed by atoms with van der Waals surface area (Å²) < 4.78 is 4.87. The van der Waals surface area contributed by atoms with Gasteiger partial charge in [-0.1, -0.05) is 28.1 Å². The maximum atomic E-state index is 14.7. The number of alkyl halides is 1. The highest BCUT2D eigenvalue weighted by atomic mass is 79.9. The zero-order valence-electron chi connectivity index (χ0n) is 24.8. The Balaban J connectivity index is 1.71. The predicted octanol–water partition coefficient (Wildman–Crippen LogP) is 4.80. The third-order valence-corrected chi connectivity index (χ3v) is 12.0. The minimum atomic E-state index is -0.743. The van der Waals surface area contributed by atoms with E-state index in [1.807, 2.05) is 24.3 Å². The Bertz CT molecular complexity index is 1150. The van der Waals surface area contributed by atoms with E-state index in [9.17, 15) is 19.5 Å². The Morgan fingerprint density at radius 1 is 1.14 bits per heavy atom. The number of amides is 2. The molecule has 3 aliphatic heterocycles. The fourth-order valence-corrected chi connectivity index (χ4v) is 10.5. The Morgan fingerprint density at radius 2 is 1.83 bits per heavy atom. The van der Waals surface area contributed by atoms with Gasteiger partial charge in [-0.05, 0) is 70.2 Å². The molecule has 2 amide bonds. The topological polar surface area (TPSA) is 90.4 Å². The Labute approximate surface area is 262 Å². The number of aliphatic hydroxyl groups excluding tert-OH is 1. The Kier molecular flexibility index (Phi) is 11.2. The number of likely N-dealkylation sites (tertiary alicyclic amines) is 1. The van der Waals surface area contributed by atoms with E-state index < -0.39 is 22.6 Å². The molecule has 6 atom stereocenters. The lowest BCUT2D eigenvalue weighted by atomic mass is 9.71. The largest absolute Gasteiger partial charge is 0.465 e. The van der Waals surface area contributed by atoms with Crippen LogP contribution in [0.2, 0.25) is 0 Å². The molecule has 0 aromatic heterocycles. The van der Waals surface area contributed by atoms with Crippen LogP contribution in [0.3, 0.4) is 0 Å². The number of ether oxygens (including phenoxy) is 1. The molecule has 3 heterocycles. The monoisotopic (exact) mass is 661 g/mol. The molecule has 10 heteroatoms. The summed E-state index contributed by atoms with van der Waals surface area (Å²) in [5.74, 6) is -1.92. The smallest absolute Gasteiger partial charge is 0.310 e. The maximum Gasteiger partial charge on any atom is 0.310 e. The molecule has 0 aliphatic carbocycles. The fraction of sp³-hybridized carbons (Fsp3) is 0.594. The van der Waals surface area contributed by atoms with Crippen molar-refractivity contribution in [2.24, 2.45) is 11.8 Å². The molecule has 8 nitrogen and oxygen atoms in total. The van der Waals surface area contributed by atoms with Crippen molar-refractivity contribution in [1.29, 1.82) is 0 Å². The molecule has 3 unspecified atom stereocenters. The Hall–Kier alpha value is -2.30. The summed E-state index contributed by atoms with van der Waals surface area (Å²) in [6, 6.07) is 7.24. The molecule has 1 spiro atoms. The average molecular weight is 663 g/mol. The van der Waals surface area contributed by atoms with Crippen LogP contribution in [0.15, 0.2) is 49.6 Å². The third kappa shape index (κ3) is 6.04. The first-order chi connectivity index (χ1) is 20.3. The van der Waals surface area contributed by atoms with Crippen LogP contribution in [0.1, 0.15) is 46.0 Å². The van der Waals surface area contributed by atoms with Crippen LogP contribution in [0.25, 0.3) is 0 Å². The minimum Gasteiger partial charge on any atom is -0.465 e. The average Bonchev–Trinajstić information content (AvgIpc) is 3.58.